The maximum absolute atomic E-state index is 12.2. The van der Waals surface area contributed by atoms with Gasteiger partial charge in [-0.05, 0) is 12.3 Å². The summed E-state index contributed by atoms with van der Waals surface area (Å²) in [7, 11) is 0. The van der Waals surface area contributed by atoms with Gasteiger partial charge in [0.05, 0.1) is 0 Å². The van der Waals surface area contributed by atoms with Gasteiger partial charge < -0.3 is 0 Å². The van der Waals surface area contributed by atoms with E-state index in [2.05, 4.69) is 9.97 Å². The highest BCUT2D eigenvalue weighted by Gasteiger charge is 2.39. The smallest absolute Gasteiger partial charge is 0.218 e. The summed E-state index contributed by atoms with van der Waals surface area (Å²) in [5.74, 6) is 0. The highest BCUT2D eigenvalue weighted by Crippen LogP contribution is 2.34. The van der Waals surface area contributed by atoms with Crippen molar-refractivity contribution >= 4 is 11.8 Å². The Morgan fingerprint density at radius 2 is 1.31 bits per heavy atom. The number of alkyl halides is 6. The fraction of sp³-hybridized carbons (Fsp3) is 0.429. The number of nitrogens with zero attached hydrogens (tertiary/aromatic N) is 2. The van der Waals surface area contributed by atoms with Crippen molar-refractivity contribution in [1.82, 2.24) is 9.97 Å². The van der Waals surface area contributed by atoms with Gasteiger partial charge in [-0.2, -0.15) is 26.3 Å². The first-order valence-electron chi connectivity index (χ1n) is 3.72. The zero-order valence-electron chi connectivity index (χ0n) is 7.65. The van der Waals surface area contributed by atoms with Gasteiger partial charge in [0.25, 0.3) is 0 Å². The Morgan fingerprint density at radius 3 is 1.56 bits per heavy atom. The van der Waals surface area contributed by atoms with Gasteiger partial charge >= 0.3 is 12.4 Å². The summed E-state index contributed by atoms with van der Waals surface area (Å²) < 4.78 is 73.2. The molecule has 0 unspecified atom stereocenters. The lowest BCUT2D eigenvalue weighted by Gasteiger charge is -2.11. The van der Waals surface area contributed by atoms with Crippen molar-refractivity contribution in [3.8, 4) is 0 Å². The van der Waals surface area contributed by atoms with Crippen LogP contribution in [0.5, 0.6) is 0 Å². The number of rotatable bonds is 1. The van der Waals surface area contributed by atoms with E-state index in [1.54, 1.807) is 0 Å². The number of hydrogen-bond acceptors (Lipinski definition) is 3. The van der Waals surface area contributed by atoms with E-state index < -0.39 is 28.9 Å². The van der Waals surface area contributed by atoms with Crippen molar-refractivity contribution in [1.29, 1.82) is 0 Å². The van der Waals surface area contributed by atoms with Gasteiger partial charge in [0.1, 0.15) is 11.4 Å². The summed E-state index contributed by atoms with van der Waals surface area (Å²) in [5.41, 5.74) is -3.20. The van der Waals surface area contributed by atoms with Crippen LogP contribution in [0.2, 0.25) is 0 Å². The molecule has 1 aromatic heterocycles. The number of aromatic nitrogens is 2. The summed E-state index contributed by atoms with van der Waals surface area (Å²) in [6.07, 6.45) is -8.56. The van der Waals surface area contributed by atoms with Crippen molar-refractivity contribution in [3.05, 3.63) is 17.5 Å². The Hall–Kier alpha value is -0.990. The molecule has 9 heteroatoms. The molecule has 0 radical (unpaired) electrons. The Morgan fingerprint density at radius 1 is 0.938 bits per heavy atom. The second-order valence-corrected chi connectivity index (χ2v) is 3.39. The molecular formula is C7H4F6N2S. The Kier molecular flexibility index (Phi) is 3.36. The second-order valence-electron chi connectivity index (χ2n) is 2.62. The molecule has 90 valence electrons. The van der Waals surface area contributed by atoms with Crippen LogP contribution >= 0.6 is 11.8 Å². The van der Waals surface area contributed by atoms with Crippen LogP contribution in [-0.2, 0) is 12.4 Å². The van der Waals surface area contributed by atoms with E-state index in [0.717, 1.165) is 0 Å². The maximum atomic E-state index is 12.2. The van der Waals surface area contributed by atoms with Crippen LogP contribution in [0.25, 0.3) is 0 Å². The zero-order valence-corrected chi connectivity index (χ0v) is 8.46. The predicted molar refractivity (Wildman–Crippen MR) is 43.8 cm³/mol. The molecule has 0 amide bonds. The molecule has 1 rings (SSSR count). The Bertz CT molecular complexity index is 353. The van der Waals surface area contributed by atoms with E-state index in [0.29, 0.717) is 11.8 Å². The first kappa shape index (κ1) is 13.1. The predicted octanol–water partition coefficient (Wildman–Crippen LogP) is 3.24. The summed E-state index contributed by atoms with van der Waals surface area (Å²) >= 11 is 0.607. The van der Waals surface area contributed by atoms with E-state index in [4.69, 9.17) is 0 Å². The minimum atomic E-state index is -4.92. The third-order valence-electron chi connectivity index (χ3n) is 1.47. The molecule has 16 heavy (non-hydrogen) atoms. The van der Waals surface area contributed by atoms with Gasteiger partial charge in [0.2, 0.25) is 0 Å². The molecule has 0 bridgehead atoms. The summed E-state index contributed by atoms with van der Waals surface area (Å²) in [4.78, 5) is 5.93. The lowest BCUT2D eigenvalue weighted by Crippen LogP contribution is -2.15. The summed E-state index contributed by atoms with van der Waals surface area (Å²) in [5, 5.41) is -0.567. The van der Waals surface area contributed by atoms with E-state index in [9.17, 15) is 26.3 Å². The van der Waals surface area contributed by atoms with Crippen LogP contribution in [-0.4, -0.2) is 16.2 Å². The van der Waals surface area contributed by atoms with Crippen molar-refractivity contribution in [2.75, 3.05) is 6.26 Å². The average Bonchev–Trinajstić information content (AvgIpc) is 2.14. The molecule has 0 saturated heterocycles. The van der Waals surface area contributed by atoms with E-state index >= 15 is 0 Å². The Labute approximate surface area is 90.1 Å². The molecule has 1 heterocycles. The van der Waals surface area contributed by atoms with Gasteiger partial charge in [-0.1, -0.05) is 11.8 Å². The third kappa shape index (κ3) is 3.00. The maximum Gasteiger partial charge on any atom is 0.433 e. The molecule has 0 spiro atoms. The van der Waals surface area contributed by atoms with E-state index in [1.807, 2.05) is 0 Å². The molecular weight excluding hydrogens is 258 g/mol. The first-order chi connectivity index (χ1) is 7.14. The highest BCUT2D eigenvalue weighted by atomic mass is 32.2. The van der Waals surface area contributed by atoms with Crippen molar-refractivity contribution in [2.45, 2.75) is 17.5 Å². The van der Waals surface area contributed by atoms with Crippen LogP contribution in [0.3, 0.4) is 0 Å². The molecule has 2 nitrogen and oxygen atoms in total. The second kappa shape index (κ2) is 4.11. The quantitative estimate of drug-likeness (QED) is 0.441. The van der Waals surface area contributed by atoms with Crippen LogP contribution in [0.4, 0.5) is 26.3 Å². The lowest BCUT2D eigenvalue weighted by molar-refractivity contribution is -0.148. The topological polar surface area (TPSA) is 25.8 Å². The normalized spacial score (nSPS) is 12.9. The molecule has 0 saturated carbocycles. The molecule has 0 aliphatic carbocycles. The SMILES string of the molecule is CSc1nc(C(F)(F)F)cc(C(F)(F)F)n1. The van der Waals surface area contributed by atoms with Gasteiger partial charge in [-0.25, -0.2) is 9.97 Å². The first-order valence-corrected chi connectivity index (χ1v) is 4.94. The zero-order chi connectivity index (χ0) is 12.6. The monoisotopic (exact) mass is 262 g/mol. The van der Waals surface area contributed by atoms with Crippen LogP contribution in [0, 0.1) is 0 Å². The summed E-state index contributed by atoms with van der Waals surface area (Å²) in [6.45, 7) is 0. The van der Waals surface area contributed by atoms with Crippen LogP contribution < -0.4 is 0 Å². The standard InChI is InChI=1S/C7H4F6N2S/c1-16-5-14-3(6(8,9)10)2-4(15-5)7(11,12)13/h2H,1H3. The largest absolute Gasteiger partial charge is 0.433 e. The molecule has 0 aliphatic rings. The van der Waals surface area contributed by atoms with Gasteiger partial charge in [0.15, 0.2) is 5.16 Å². The van der Waals surface area contributed by atoms with E-state index in [-0.39, 0.29) is 6.07 Å². The number of hydrogen-bond donors (Lipinski definition) is 0. The highest BCUT2D eigenvalue weighted by molar-refractivity contribution is 7.98. The van der Waals surface area contributed by atoms with Crippen molar-refractivity contribution < 1.29 is 26.3 Å². The van der Waals surface area contributed by atoms with Crippen LogP contribution in [0.1, 0.15) is 11.4 Å². The minimum absolute atomic E-state index is 0.111. The van der Waals surface area contributed by atoms with Crippen molar-refractivity contribution in [2.24, 2.45) is 0 Å². The molecule has 0 N–H and O–H groups in total. The molecule has 0 fully saturated rings. The van der Waals surface area contributed by atoms with Crippen LogP contribution in [0.15, 0.2) is 11.2 Å². The molecule has 0 atom stereocenters. The van der Waals surface area contributed by atoms with Gasteiger partial charge in [-0.3, -0.25) is 0 Å². The lowest BCUT2D eigenvalue weighted by atomic mass is 10.3. The fourth-order valence-corrected chi connectivity index (χ4v) is 1.19. The molecule has 0 aromatic carbocycles. The molecule has 0 aliphatic heterocycles. The third-order valence-corrected chi connectivity index (χ3v) is 2.02. The Balaban J connectivity index is 3.33. The van der Waals surface area contributed by atoms with Gasteiger partial charge in [-0.15, -0.1) is 0 Å². The van der Waals surface area contributed by atoms with E-state index in [1.165, 1.54) is 6.26 Å². The molecule has 1 aromatic rings. The van der Waals surface area contributed by atoms with Gasteiger partial charge in [0, 0.05) is 0 Å². The average molecular weight is 262 g/mol. The minimum Gasteiger partial charge on any atom is -0.218 e. The van der Waals surface area contributed by atoms with Crippen molar-refractivity contribution in [3.63, 3.8) is 0 Å². The summed E-state index contributed by atoms with van der Waals surface area (Å²) in [6, 6.07) is -0.111. The number of halogens is 6. The fourth-order valence-electron chi connectivity index (χ4n) is 0.807. The number of thioether (sulfide) groups is 1.